The van der Waals surface area contributed by atoms with E-state index in [1.807, 2.05) is 18.2 Å². The van der Waals surface area contributed by atoms with Crippen LogP contribution in [0.4, 0.5) is 0 Å². The van der Waals surface area contributed by atoms with Crippen molar-refractivity contribution in [2.45, 2.75) is 37.3 Å². The smallest absolute Gasteiger partial charge is 0.0820 e. The van der Waals surface area contributed by atoms with E-state index in [0.717, 1.165) is 19.5 Å². The van der Waals surface area contributed by atoms with Crippen LogP contribution in [0.5, 0.6) is 0 Å². The molecule has 5 heteroatoms. The number of aliphatic hydroxyl groups is 1. The maximum Gasteiger partial charge on any atom is 0.0820 e. The quantitative estimate of drug-likeness (QED) is 0.783. The molecule has 3 nitrogen and oxygen atoms in total. The molecule has 0 bridgehead atoms. The summed E-state index contributed by atoms with van der Waals surface area (Å²) in [5.74, 6) is 0.567. The van der Waals surface area contributed by atoms with Gasteiger partial charge >= 0.3 is 0 Å². The van der Waals surface area contributed by atoms with Gasteiger partial charge in [-0.25, -0.2) is 0 Å². The summed E-state index contributed by atoms with van der Waals surface area (Å²) in [6, 6.07) is 20.7. The largest absolute Gasteiger partial charge is 0.390 e. The van der Waals surface area contributed by atoms with Gasteiger partial charge in [-0.1, -0.05) is 60.7 Å². The van der Waals surface area contributed by atoms with Crippen molar-refractivity contribution in [1.82, 2.24) is 4.90 Å². The van der Waals surface area contributed by atoms with Crippen molar-refractivity contribution in [2.24, 2.45) is 5.73 Å². The number of piperidine rings is 1. The van der Waals surface area contributed by atoms with Crippen molar-refractivity contribution >= 4 is 24.8 Å². The molecule has 0 saturated carbocycles. The molecule has 3 N–H and O–H groups in total. The average Bonchev–Trinajstić information content (AvgIpc) is 2.63. The van der Waals surface area contributed by atoms with Crippen LogP contribution in [0.15, 0.2) is 60.7 Å². The molecule has 144 valence electrons. The monoisotopic (exact) mass is 396 g/mol. The molecule has 3 rings (SSSR count). The predicted octanol–water partition coefficient (Wildman–Crippen LogP) is 3.64. The summed E-state index contributed by atoms with van der Waals surface area (Å²) in [6.45, 7) is 2.73. The van der Waals surface area contributed by atoms with E-state index in [1.54, 1.807) is 0 Å². The van der Waals surface area contributed by atoms with Crippen LogP contribution >= 0.6 is 24.8 Å². The van der Waals surface area contributed by atoms with E-state index in [1.165, 1.54) is 24.0 Å². The van der Waals surface area contributed by atoms with Gasteiger partial charge < -0.3 is 15.7 Å². The first-order chi connectivity index (χ1) is 11.7. The maximum absolute atomic E-state index is 10.5. The van der Waals surface area contributed by atoms with E-state index in [4.69, 9.17) is 5.73 Å². The van der Waals surface area contributed by atoms with Crippen LogP contribution in [0.2, 0.25) is 0 Å². The molecule has 0 spiro atoms. The maximum atomic E-state index is 10.5. The lowest BCUT2D eigenvalue weighted by atomic mass is 9.90. The van der Waals surface area contributed by atoms with Crippen LogP contribution in [-0.2, 0) is 6.42 Å². The molecule has 1 fully saturated rings. The number of rotatable bonds is 6. The Kier molecular flexibility index (Phi) is 10.2. The van der Waals surface area contributed by atoms with Gasteiger partial charge in [0.25, 0.3) is 0 Å². The van der Waals surface area contributed by atoms with Crippen molar-refractivity contribution in [3.05, 3.63) is 71.8 Å². The normalized spacial score (nSPS) is 19.7. The third-order valence-corrected chi connectivity index (χ3v) is 5.03. The number of halogens is 2. The molecule has 1 aliphatic rings. The van der Waals surface area contributed by atoms with Crippen LogP contribution in [0.1, 0.15) is 29.9 Å². The molecule has 1 heterocycles. The lowest BCUT2D eigenvalue weighted by molar-refractivity contribution is 0.0772. The molecule has 2 aromatic carbocycles. The molecule has 1 unspecified atom stereocenters. The SMILES string of the molecule is Cl.Cl.N[C@H](Cc1ccccc1)[C@@H](O)CN1CCCC(c2ccccc2)C1. The summed E-state index contributed by atoms with van der Waals surface area (Å²) in [6.07, 6.45) is 2.64. The second kappa shape index (κ2) is 11.6. The van der Waals surface area contributed by atoms with Crippen molar-refractivity contribution < 1.29 is 5.11 Å². The fraction of sp³-hybridized carbons (Fsp3) is 0.429. The lowest BCUT2D eigenvalue weighted by Crippen LogP contribution is -2.47. The Bertz CT molecular complexity index is 612. The van der Waals surface area contributed by atoms with E-state index >= 15 is 0 Å². The zero-order chi connectivity index (χ0) is 16.8. The number of hydrogen-bond donors (Lipinski definition) is 2. The molecule has 1 aliphatic heterocycles. The average molecular weight is 397 g/mol. The van der Waals surface area contributed by atoms with E-state index in [9.17, 15) is 5.11 Å². The van der Waals surface area contributed by atoms with Crippen LogP contribution in [0.3, 0.4) is 0 Å². The first-order valence-corrected chi connectivity index (χ1v) is 8.97. The van der Waals surface area contributed by atoms with Crippen molar-refractivity contribution in [1.29, 1.82) is 0 Å². The minimum Gasteiger partial charge on any atom is -0.390 e. The number of nitrogens with two attached hydrogens (primary N) is 1. The summed E-state index contributed by atoms with van der Waals surface area (Å²) < 4.78 is 0. The first kappa shape index (κ1) is 22.9. The lowest BCUT2D eigenvalue weighted by Gasteiger charge is -2.35. The fourth-order valence-electron chi connectivity index (χ4n) is 3.64. The zero-order valence-electron chi connectivity index (χ0n) is 15.0. The molecule has 1 saturated heterocycles. The summed E-state index contributed by atoms with van der Waals surface area (Å²) in [5, 5.41) is 10.5. The van der Waals surface area contributed by atoms with Gasteiger partial charge in [0.15, 0.2) is 0 Å². The van der Waals surface area contributed by atoms with E-state index in [0.29, 0.717) is 12.5 Å². The van der Waals surface area contributed by atoms with E-state index < -0.39 is 6.10 Å². The molecule has 0 aliphatic carbocycles. The summed E-state index contributed by atoms with van der Waals surface area (Å²) in [7, 11) is 0. The highest BCUT2D eigenvalue weighted by molar-refractivity contribution is 5.85. The second-order valence-electron chi connectivity index (χ2n) is 6.93. The molecule has 26 heavy (non-hydrogen) atoms. The number of aliphatic hydroxyl groups excluding tert-OH is 1. The number of likely N-dealkylation sites (tertiary alicyclic amines) is 1. The second-order valence-corrected chi connectivity index (χ2v) is 6.93. The highest BCUT2D eigenvalue weighted by Gasteiger charge is 2.25. The number of β-amino-alcohol motifs (C(OH)–C–C–N with tert-alkyl or cyclic N) is 1. The molecular formula is C21H30Cl2N2O. The molecule has 0 aromatic heterocycles. The third-order valence-electron chi connectivity index (χ3n) is 5.03. The van der Waals surface area contributed by atoms with Crippen LogP contribution < -0.4 is 5.73 Å². The molecule has 3 atom stereocenters. The van der Waals surface area contributed by atoms with Gasteiger partial charge in [-0.2, -0.15) is 0 Å². The van der Waals surface area contributed by atoms with Gasteiger partial charge in [0, 0.05) is 19.1 Å². The Hall–Kier alpha value is -1.10. The van der Waals surface area contributed by atoms with E-state index in [-0.39, 0.29) is 30.9 Å². The highest BCUT2D eigenvalue weighted by atomic mass is 35.5. The first-order valence-electron chi connectivity index (χ1n) is 8.97. The minimum atomic E-state index is -0.486. The van der Waals surface area contributed by atoms with Gasteiger partial charge in [0.2, 0.25) is 0 Å². The molecule has 0 amide bonds. The van der Waals surface area contributed by atoms with E-state index in [2.05, 4.69) is 47.4 Å². The number of nitrogens with zero attached hydrogens (tertiary/aromatic N) is 1. The van der Waals surface area contributed by atoms with Gasteiger partial charge in [-0.15, -0.1) is 24.8 Å². The molecule has 2 aromatic rings. The Balaban J connectivity index is 0.00000169. The van der Waals surface area contributed by atoms with Crippen molar-refractivity contribution in [3.8, 4) is 0 Å². The Labute approximate surface area is 169 Å². The molecular weight excluding hydrogens is 367 g/mol. The van der Waals surface area contributed by atoms with Gasteiger partial charge in [0.1, 0.15) is 0 Å². The standard InChI is InChI=1S/C21H28N2O.2ClH/c22-20(14-17-8-3-1-4-9-17)21(24)16-23-13-7-12-19(15-23)18-10-5-2-6-11-18;;/h1-6,8-11,19-21,24H,7,12-16,22H2;2*1H/t19?,20-,21+;;/m1../s1. The zero-order valence-corrected chi connectivity index (χ0v) is 16.7. The minimum absolute atomic E-state index is 0. The summed E-state index contributed by atoms with van der Waals surface area (Å²) >= 11 is 0. The number of hydrogen-bond acceptors (Lipinski definition) is 3. The summed E-state index contributed by atoms with van der Waals surface area (Å²) in [4.78, 5) is 2.37. The molecule has 0 radical (unpaired) electrons. The van der Waals surface area contributed by atoms with Crippen LogP contribution in [-0.4, -0.2) is 41.8 Å². The highest BCUT2D eigenvalue weighted by Crippen LogP contribution is 2.26. The predicted molar refractivity (Wildman–Crippen MR) is 113 cm³/mol. The van der Waals surface area contributed by atoms with Gasteiger partial charge in [-0.3, -0.25) is 0 Å². The summed E-state index contributed by atoms with van der Waals surface area (Å²) in [5.41, 5.74) is 8.83. The Morgan fingerprint density at radius 2 is 1.62 bits per heavy atom. The Morgan fingerprint density at radius 1 is 1.00 bits per heavy atom. The van der Waals surface area contributed by atoms with Crippen LogP contribution in [0.25, 0.3) is 0 Å². The van der Waals surface area contributed by atoms with Crippen molar-refractivity contribution in [2.75, 3.05) is 19.6 Å². The van der Waals surface area contributed by atoms with Gasteiger partial charge in [0.05, 0.1) is 6.10 Å². The van der Waals surface area contributed by atoms with Gasteiger partial charge in [-0.05, 0) is 42.9 Å². The topological polar surface area (TPSA) is 49.5 Å². The van der Waals surface area contributed by atoms with Crippen molar-refractivity contribution in [3.63, 3.8) is 0 Å². The van der Waals surface area contributed by atoms with Crippen LogP contribution in [0, 0.1) is 0 Å². The number of benzene rings is 2. The fourth-order valence-corrected chi connectivity index (χ4v) is 3.64. The Morgan fingerprint density at radius 3 is 2.27 bits per heavy atom. The third kappa shape index (κ3) is 6.57.